The van der Waals surface area contributed by atoms with Gasteiger partial charge in [-0.15, -0.1) is 0 Å². The van der Waals surface area contributed by atoms with Gasteiger partial charge in [0.15, 0.2) is 0 Å². The lowest BCUT2D eigenvalue weighted by Gasteiger charge is -2.36. The minimum absolute atomic E-state index is 0.744. The van der Waals surface area contributed by atoms with Crippen LogP contribution in [0.1, 0.15) is 11.3 Å². The average Bonchev–Trinajstić information content (AvgIpc) is 2.89. The minimum atomic E-state index is 0.744. The van der Waals surface area contributed by atoms with Crippen LogP contribution >= 0.6 is 22.6 Å². The molecule has 21 heavy (non-hydrogen) atoms. The number of nitriles is 1. The van der Waals surface area contributed by atoms with Crippen LogP contribution in [-0.4, -0.2) is 36.1 Å². The Kier molecular flexibility index (Phi) is 4.46. The number of hydrogen-bond acceptors (Lipinski definition) is 3. The normalized spacial score (nSPS) is 15.9. The molecule has 0 atom stereocenters. The summed E-state index contributed by atoms with van der Waals surface area (Å²) in [6.45, 7) is 5.08. The van der Waals surface area contributed by atoms with E-state index in [9.17, 15) is 0 Å². The Bertz CT molecular complexity index is 636. The third kappa shape index (κ3) is 3.22. The van der Waals surface area contributed by atoms with E-state index in [2.05, 4.69) is 73.8 Å². The highest BCUT2D eigenvalue weighted by atomic mass is 127. The van der Waals surface area contributed by atoms with Crippen LogP contribution in [0.2, 0.25) is 0 Å². The van der Waals surface area contributed by atoms with Crippen LogP contribution in [0.3, 0.4) is 0 Å². The molecule has 1 aromatic heterocycles. The SMILES string of the molecule is N#Cc1c[nH]c(CN2CCN(c3ccccc3)CC2)c1I. The molecule has 5 heteroatoms. The van der Waals surface area contributed by atoms with E-state index in [1.807, 2.05) is 0 Å². The Hall–Kier alpha value is -1.52. The van der Waals surface area contributed by atoms with Gasteiger partial charge in [0.25, 0.3) is 0 Å². The number of nitrogens with one attached hydrogen (secondary N) is 1. The van der Waals surface area contributed by atoms with Crippen molar-refractivity contribution in [3.8, 4) is 6.07 Å². The number of benzene rings is 1. The zero-order chi connectivity index (χ0) is 14.7. The molecule has 0 aliphatic carbocycles. The van der Waals surface area contributed by atoms with Crippen LogP contribution in [0.25, 0.3) is 0 Å². The molecule has 1 aliphatic heterocycles. The molecular weight excluding hydrogens is 375 g/mol. The fraction of sp³-hybridized carbons (Fsp3) is 0.312. The van der Waals surface area contributed by atoms with Crippen LogP contribution in [0.5, 0.6) is 0 Å². The van der Waals surface area contributed by atoms with E-state index in [0.717, 1.165) is 47.6 Å². The van der Waals surface area contributed by atoms with Gasteiger partial charge in [0, 0.05) is 50.3 Å². The number of piperazine rings is 1. The highest BCUT2D eigenvalue weighted by Crippen LogP contribution is 2.20. The number of aromatic amines is 1. The van der Waals surface area contributed by atoms with Gasteiger partial charge >= 0.3 is 0 Å². The predicted octanol–water partition coefficient (Wildman–Crippen LogP) is 2.81. The summed E-state index contributed by atoms with van der Waals surface area (Å²) in [7, 11) is 0. The van der Waals surface area contributed by atoms with Crippen molar-refractivity contribution in [1.82, 2.24) is 9.88 Å². The summed E-state index contributed by atoms with van der Waals surface area (Å²) in [6, 6.07) is 12.8. The van der Waals surface area contributed by atoms with Crippen LogP contribution in [-0.2, 0) is 6.54 Å². The molecule has 108 valence electrons. The number of rotatable bonds is 3. The quantitative estimate of drug-likeness (QED) is 0.818. The van der Waals surface area contributed by atoms with Gasteiger partial charge in [-0.2, -0.15) is 5.26 Å². The van der Waals surface area contributed by atoms with E-state index in [1.165, 1.54) is 5.69 Å². The summed E-state index contributed by atoms with van der Waals surface area (Å²) < 4.78 is 1.06. The third-order valence-corrected chi connectivity index (χ3v) is 5.12. The maximum absolute atomic E-state index is 9.00. The van der Waals surface area contributed by atoms with Crippen molar-refractivity contribution in [1.29, 1.82) is 5.26 Å². The summed E-state index contributed by atoms with van der Waals surface area (Å²) in [5, 5.41) is 9.00. The van der Waals surface area contributed by atoms with E-state index in [0.29, 0.717) is 0 Å². The first-order valence-electron chi connectivity index (χ1n) is 7.06. The number of halogens is 1. The largest absolute Gasteiger partial charge is 0.369 e. The monoisotopic (exact) mass is 392 g/mol. The molecule has 3 rings (SSSR count). The van der Waals surface area contributed by atoms with Crippen molar-refractivity contribution < 1.29 is 0 Å². The molecule has 1 fully saturated rings. The maximum Gasteiger partial charge on any atom is 0.102 e. The molecule has 0 bridgehead atoms. The summed E-state index contributed by atoms with van der Waals surface area (Å²) >= 11 is 2.25. The van der Waals surface area contributed by atoms with Crippen molar-refractivity contribution in [3.63, 3.8) is 0 Å². The molecule has 0 unspecified atom stereocenters. The van der Waals surface area contributed by atoms with E-state index in [-0.39, 0.29) is 0 Å². The number of anilines is 1. The number of para-hydroxylation sites is 1. The number of aromatic nitrogens is 1. The predicted molar refractivity (Wildman–Crippen MR) is 92.2 cm³/mol. The van der Waals surface area contributed by atoms with Gasteiger partial charge in [-0.1, -0.05) is 18.2 Å². The van der Waals surface area contributed by atoms with Crippen LogP contribution in [0, 0.1) is 14.9 Å². The fourth-order valence-electron chi connectivity index (χ4n) is 2.67. The molecule has 0 spiro atoms. The van der Waals surface area contributed by atoms with Gasteiger partial charge in [0.1, 0.15) is 6.07 Å². The zero-order valence-corrected chi connectivity index (χ0v) is 13.9. The second-order valence-electron chi connectivity index (χ2n) is 5.21. The van der Waals surface area contributed by atoms with Crippen molar-refractivity contribution in [2.24, 2.45) is 0 Å². The molecule has 0 amide bonds. The second kappa shape index (κ2) is 6.50. The summed E-state index contributed by atoms with van der Waals surface area (Å²) in [4.78, 5) is 8.10. The number of nitrogens with zero attached hydrogens (tertiary/aromatic N) is 3. The third-order valence-electron chi connectivity index (χ3n) is 3.89. The van der Waals surface area contributed by atoms with E-state index >= 15 is 0 Å². The lowest BCUT2D eigenvalue weighted by atomic mass is 10.2. The summed E-state index contributed by atoms with van der Waals surface area (Å²) in [5.41, 5.74) is 3.20. The molecule has 1 aromatic carbocycles. The minimum Gasteiger partial charge on any atom is -0.369 e. The fourth-order valence-corrected chi connectivity index (χ4v) is 3.27. The molecule has 1 saturated heterocycles. The topological polar surface area (TPSA) is 46.1 Å². The van der Waals surface area contributed by atoms with Crippen LogP contribution < -0.4 is 4.90 Å². The van der Waals surface area contributed by atoms with Gasteiger partial charge in [0.05, 0.1) is 9.13 Å². The second-order valence-corrected chi connectivity index (χ2v) is 6.28. The highest BCUT2D eigenvalue weighted by Gasteiger charge is 2.19. The molecule has 1 aliphatic rings. The van der Waals surface area contributed by atoms with Gasteiger partial charge in [-0.05, 0) is 34.7 Å². The molecule has 4 nitrogen and oxygen atoms in total. The maximum atomic E-state index is 9.00. The summed E-state index contributed by atoms with van der Waals surface area (Å²) in [6.07, 6.45) is 1.80. The number of H-pyrrole nitrogens is 1. The molecule has 0 saturated carbocycles. The average molecular weight is 392 g/mol. The van der Waals surface area contributed by atoms with Crippen molar-refractivity contribution >= 4 is 28.3 Å². The molecular formula is C16H17IN4. The van der Waals surface area contributed by atoms with Crippen molar-refractivity contribution in [2.45, 2.75) is 6.54 Å². The highest BCUT2D eigenvalue weighted by molar-refractivity contribution is 14.1. The van der Waals surface area contributed by atoms with E-state index in [1.54, 1.807) is 6.20 Å². The van der Waals surface area contributed by atoms with E-state index < -0.39 is 0 Å². The van der Waals surface area contributed by atoms with Gasteiger partial charge in [-0.25, -0.2) is 0 Å². The Morgan fingerprint density at radius 1 is 1.14 bits per heavy atom. The first-order valence-corrected chi connectivity index (χ1v) is 8.14. The first kappa shape index (κ1) is 14.4. The Labute approximate surface area is 138 Å². The summed E-state index contributed by atoms with van der Waals surface area (Å²) in [5.74, 6) is 0. The van der Waals surface area contributed by atoms with Crippen molar-refractivity contribution in [2.75, 3.05) is 31.1 Å². The van der Waals surface area contributed by atoms with Crippen LogP contribution in [0.4, 0.5) is 5.69 Å². The lowest BCUT2D eigenvalue weighted by Crippen LogP contribution is -2.46. The molecule has 1 N–H and O–H groups in total. The van der Waals surface area contributed by atoms with Gasteiger partial charge in [0.2, 0.25) is 0 Å². The molecule has 0 radical (unpaired) electrons. The van der Waals surface area contributed by atoms with Crippen molar-refractivity contribution in [3.05, 3.63) is 51.4 Å². The molecule has 2 aromatic rings. The zero-order valence-electron chi connectivity index (χ0n) is 11.7. The van der Waals surface area contributed by atoms with Gasteiger partial charge in [-0.3, -0.25) is 4.90 Å². The Balaban J connectivity index is 1.59. The number of hydrogen-bond donors (Lipinski definition) is 1. The lowest BCUT2D eigenvalue weighted by molar-refractivity contribution is 0.247. The Morgan fingerprint density at radius 3 is 2.48 bits per heavy atom. The van der Waals surface area contributed by atoms with Gasteiger partial charge < -0.3 is 9.88 Å². The standard InChI is InChI=1S/C16H17IN4/c17-16-13(10-18)11-19-15(16)12-20-6-8-21(9-7-20)14-4-2-1-3-5-14/h1-5,11,19H,6-9,12H2. The van der Waals surface area contributed by atoms with E-state index in [4.69, 9.17) is 5.26 Å². The Morgan fingerprint density at radius 2 is 1.86 bits per heavy atom. The first-order chi connectivity index (χ1) is 10.3. The van der Waals surface area contributed by atoms with Crippen LogP contribution in [0.15, 0.2) is 36.5 Å². The molecule has 2 heterocycles. The smallest absolute Gasteiger partial charge is 0.102 e.